The van der Waals surface area contributed by atoms with Gasteiger partial charge in [-0.3, -0.25) is 0 Å². The minimum absolute atomic E-state index is 0.880. The molecule has 3 rings (SSSR count). The van der Waals surface area contributed by atoms with Gasteiger partial charge in [-0.2, -0.15) is 0 Å². The molecule has 0 amide bonds. The van der Waals surface area contributed by atoms with Crippen molar-refractivity contribution in [2.24, 2.45) is 0 Å². The molecule has 1 aromatic heterocycles. The lowest BCUT2D eigenvalue weighted by molar-refractivity contribution is 0.615. The molecule has 2 aromatic carbocycles. The first-order valence-corrected chi connectivity index (χ1v) is 4.84. The number of furan rings is 1. The molecule has 1 nitrogen and oxygen atoms in total. The van der Waals surface area contributed by atoms with Crippen molar-refractivity contribution in [2.45, 2.75) is 0 Å². The molecule has 0 N–H and O–H groups in total. The third-order valence-electron chi connectivity index (χ3n) is 2.67. The van der Waals surface area contributed by atoms with Gasteiger partial charge in [-0.25, -0.2) is 0 Å². The van der Waals surface area contributed by atoms with Crippen LogP contribution in [-0.4, -0.2) is 0 Å². The molecule has 0 saturated carbocycles. The highest BCUT2D eigenvalue weighted by Crippen LogP contribution is 2.29. The molecule has 15 heavy (non-hydrogen) atoms. The molecular weight excluding hydrogens is 184 g/mol. The molecule has 0 bridgehead atoms. The van der Waals surface area contributed by atoms with Gasteiger partial charge in [0.25, 0.3) is 0 Å². The van der Waals surface area contributed by atoms with Crippen molar-refractivity contribution < 1.29 is 4.42 Å². The quantitative estimate of drug-likeness (QED) is 0.568. The molecule has 0 fully saturated rings. The largest absolute Gasteiger partial charge is 0.464 e. The smallest absolute Gasteiger partial charge is 0.135 e. The predicted molar refractivity (Wildman–Crippen MR) is 62.5 cm³/mol. The maximum Gasteiger partial charge on any atom is 0.135 e. The van der Waals surface area contributed by atoms with Crippen LogP contribution in [0.5, 0.6) is 0 Å². The molecule has 71 valence electrons. The Hall–Kier alpha value is -2.02. The zero-order valence-corrected chi connectivity index (χ0v) is 8.10. The molecule has 0 atom stereocenters. The van der Waals surface area contributed by atoms with Crippen molar-refractivity contribution in [1.82, 2.24) is 0 Å². The third kappa shape index (κ3) is 1.10. The standard InChI is InChI=1S/C14H9O/c1-2-10-9-15-13-8-7-11-5-3-4-6-12(11)14(10)13/h1-9H. The first-order chi connectivity index (χ1) is 7.40. The van der Waals surface area contributed by atoms with Gasteiger partial charge in [-0.15, -0.1) is 0 Å². The van der Waals surface area contributed by atoms with Gasteiger partial charge in [0.2, 0.25) is 0 Å². The lowest BCUT2D eigenvalue weighted by Crippen LogP contribution is -1.74. The molecule has 3 aromatic rings. The highest BCUT2D eigenvalue weighted by atomic mass is 16.3. The minimum atomic E-state index is 0.880. The van der Waals surface area contributed by atoms with E-state index in [0.29, 0.717) is 0 Å². The van der Waals surface area contributed by atoms with E-state index in [2.05, 4.69) is 18.2 Å². The molecule has 1 heteroatoms. The van der Waals surface area contributed by atoms with Gasteiger partial charge in [0.15, 0.2) is 0 Å². The van der Waals surface area contributed by atoms with E-state index in [9.17, 15) is 0 Å². The van der Waals surface area contributed by atoms with E-state index in [0.717, 1.165) is 16.5 Å². The van der Waals surface area contributed by atoms with Crippen molar-refractivity contribution >= 4 is 27.8 Å². The lowest BCUT2D eigenvalue weighted by Gasteiger charge is -1.98. The topological polar surface area (TPSA) is 13.1 Å². The van der Waals surface area contributed by atoms with E-state index in [-0.39, 0.29) is 0 Å². The maximum atomic E-state index is 5.57. The van der Waals surface area contributed by atoms with Crippen molar-refractivity contribution in [3.8, 4) is 0 Å². The summed E-state index contributed by atoms with van der Waals surface area (Å²) in [4.78, 5) is 0. The second-order valence-corrected chi connectivity index (χ2v) is 3.52. The van der Waals surface area contributed by atoms with E-state index >= 15 is 0 Å². The van der Waals surface area contributed by atoms with E-state index in [1.165, 1.54) is 10.8 Å². The lowest BCUT2D eigenvalue weighted by atomic mass is 10.0. The second-order valence-electron chi connectivity index (χ2n) is 3.52. The monoisotopic (exact) mass is 193 g/mol. The molecular formula is C14H9O. The molecule has 0 aliphatic heterocycles. The Morgan fingerprint density at radius 3 is 2.80 bits per heavy atom. The summed E-state index contributed by atoms with van der Waals surface area (Å²) >= 11 is 0. The summed E-state index contributed by atoms with van der Waals surface area (Å²) in [5, 5.41) is 3.48. The highest BCUT2D eigenvalue weighted by Gasteiger charge is 2.06. The summed E-state index contributed by atoms with van der Waals surface area (Å²) in [5.74, 6) is 0. The molecule has 1 radical (unpaired) electrons. The van der Waals surface area contributed by atoms with E-state index in [1.54, 1.807) is 12.3 Å². The van der Waals surface area contributed by atoms with Crippen LogP contribution in [0.15, 0.2) is 47.1 Å². The van der Waals surface area contributed by atoms with Crippen molar-refractivity contribution in [3.63, 3.8) is 0 Å². The van der Waals surface area contributed by atoms with E-state index in [4.69, 9.17) is 11.0 Å². The van der Waals surface area contributed by atoms with Gasteiger partial charge in [-0.1, -0.05) is 43.0 Å². The van der Waals surface area contributed by atoms with Crippen LogP contribution in [0.1, 0.15) is 5.56 Å². The average molecular weight is 193 g/mol. The summed E-state index contributed by atoms with van der Waals surface area (Å²) in [5.41, 5.74) is 1.83. The molecule has 1 heterocycles. The van der Waals surface area contributed by atoms with Crippen molar-refractivity contribution in [2.75, 3.05) is 0 Å². The fraction of sp³-hybridized carbons (Fsp3) is 0. The zero-order valence-electron chi connectivity index (χ0n) is 8.10. The summed E-state index contributed by atoms with van der Waals surface area (Å²) in [6, 6.07) is 12.3. The summed E-state index contributed by atoms with van der Waals surface area (Å²) in [6.07, 6.45) is 3.27. The van der Waals surface area contributed by atoms with Crippen LogP contribution in [-0.2, 0) is 0 Å². The molecule has 0 saturated heterocycles. The van der Waals surface area contributed by atoms with E-state index < -0.39 is 0 Å². The first kappa shape index (κ1) is 8.30. The van der Waals surface area contributed by atoms with Crippen molar-refractivity contribution in [3.05, 3.63) is 54.8 Å². The number of hydrogen-bond donors (Lipinski definition) is 0. The number of fused-ring (bicyclic) bond motifs is 3. The fourth-order valence-corrected chi connectivity index (χ4v) is 1.96. The van der Waals surface area contributed by atoms with Crippen LogP contribution in [0.3, 0.4) is 0 Å². The maximum absolute atomic E-state index is 5.57. The normalized spacial score (nSPS) is 10.9. The van der Waals surface area contributed by atoms with Gasteiger partial charge >= 0.3 is 0 Å². The van der Waals surface area contributed by atoms with Gasteiger partial charge in [0, 0.05) is 10.9 Å². The third-order valence-corrected chi connectivity index (χ3v) is 2.67. The Morgan fingerprint density at radius 2 is 1.93 bits per heavy atom. The van der Waals surface area contributed by atoms with Crippen LogP contribution in [0, 0.1) is 6.58 Å². The van der Waals surface area contributed by atoms with Gasteiger partial charge in [-0.05, 0) is 16.8 Å². The molecule has 0 unspecified atom stereocenters. The van der Waals surface area contributed by atoms with Crippen LogP contribution in [0.25, 0.3) is 27.8 Å². The van der Waals surface area contributed by atoms with Gasteiger partial charge < -0.3 is 4.42 Å². The summed E-state index contributed by atoms with van der Waals surface area (Å²) in [7, 11) is 0. The van der Waals surface area contributed by atoms with Gasteiger partial charge in [0.05, 0.1) is 6.26 Å². The molecule has 0 aliphatic carbocycles. The number of benzene rings is 2. The Kier molecular flexibility index (Phi) is 1.65. The zero-order chi connectivity index (χ0) is 10.3. The second kappa shape index (κ2) is 2.99. The summed E-state index contributed by atoms with van der Waals surface area (Å²) < 4.78 is 5.44. The number of hydrogen-bond acceptors (Lipinski definition) is 1. The van der Waals surface area contributed by atoms with Crippen molar-refractivity contribution in [1.29, 1.82) is 0 Å². The van der Waals surface area contributed by atoms with Crippen LogP contribution in [0.2, 0.25) is 0 Å². The summed E-state index contributed by atoms with van der Waals surface area (Å²) in [6.45, 7) is 5.57. The molecule has 0 aliphatic rings. The number of rotatable bonds is 1. The fourth-order valence-electron chi connectivity index (χ4n) is 1.96. The van der Waals surface area contributed by atoms with E-state index in [1.807, 2.05) is 18.2 Å². The molecule has 0 spiro atoms. The predicted octanol–water partition coefficient (Wildman–Crippen LogP) is 4.03. The minimum Gasteiger partial charge on any atom is -0.464 e. The van der Waals surface area contributed by atoms with Gasteiger partial charge in [0.1, 0.15) is 5.58 Å². The van der Waals surface area contributed by atoms with Crippen LogP contribution >= 0.6 is 0 Å². The highest BCUT2D eigenvalue weighted by molar-refractivity contribution is 6.09. The SMILES string of the molecule is [CH]=Cc1coc2ccc3ccccc3c12. The van der Waals surface area contributed by atoms with Crippen LogP contribution in [0.4, 0.5) is 0 Å². The Balaban J connectivity index is 2.61. The Morgan fingerprint density at radius 1 is 1.07 bits per heavy atom. The Bertz CT molecular complexity index is 647. The average Bonchev–Trinajstić information content (AvgIpc) is 2.72. The first-order valence-electron chi connectivity index (χ1n) is 4.84. The van der Waals surface area contributed by atoms with Crippen LogP contribution < -0.4 is 0 Å². The Labute approximate surface area is 87.6 Å².